The highest BCUT2D eigenvalue weighted by molar-refractivity contribution is 6.10. The van der Waals surface area contributed by atoms with Gasteiger partial charge in [0.15, 0.2) is 5.82 Å². The van der Waals surface area contributed by atoms with Crippen molar-refractivity contribution >= 4 is 33.5 Å². The maximum atomic E-state index is 13.1. The van der Waals surface area contributed by atoms with Crippen LogP contribution in [0.1, 0.15) is 12.5 Å². The third-order valence-corrected chi connectivity index (χ3v) is 3.30. The monoisotopic (exact) mass is 308 g/mol. The fourth-order valence-corrected chi connectivity index (χ4v) is 2.47. The van der Waals surface area contributed by atoms with Crippen LogP contribution in [-0.4, -0.2) is 20.7 Å². The van der Waals surface area contributed by atoms with Gasteiger partial charge in [-0.2, -0.15) is 18.3 Å². The predicted molar refractivity (Wildman–Crippen MR) is 75.3 cm³/mol. The quantitative estimate of drug-likeness (QED) is 0.751. The normalized spacial score (nSPS) is 12.0. The van der Waals surface area contributed by atoms with Gasteiger partial charge >= 0.3 is 6.18 Å². The highest BCUT2D eigenvalue weighted by Gasteiger charge is 2.33. The Kier molecular flexibility index (Phi) is 3.05. The molecule has 0 bridgehead atoms. The molecule has 0 saturated carbocycles. The number of pyridine rings is 1. The van der Waals surface area contributed by atoms with Gasteiger partial charge in [0.25, 0.3) is 0 Å². The number of hydrogen-bond acceptors (Lipinski definition) is 3. The van der Waals surface area contributed by atoms with E-state index in [1.165, 1.54) is 23.9 Å². The number of aromatic nitrogens is 3. The molecule has 0 atom stereocenters. The zero-order valence-electron chi connectivity index (χ0n) is 11.7. The number of aryl methyl sites for hydroxylation is 1. The number of benzene rings is 1. The Bertz CT molecular complexity index is 898. The number of anilines is 1. The average Bonchev–Trinajstić information content (AvgIpc) is 2.73. The number of halogens is 3. The molecule has 1 N–H and O–H groups in total. The van der Waals surface area contributed by atoms with Crippen molar-refractivity contribution in [3.05, 3.63) is 30.0 Å². The van der Waals surface area contributed by atoms with E-state index in [9.17, 15) is 18.0 Å². The lowest BCUT2D eigenvalue weighted by molar-refractivity contribution is -0.136. The molecule has 0 fully saturated rings. The fourth-order valence-electron chi connectivity index (χ4n) is 2.47. The SMILES string of the molecule is CC(=O)Nc1nn(C)c2c1cnc1c(C(F)(F)F)cccc12. The van der Waals surface area contributed by atoms with Gasteiger partial charge in [0, 0.05) is 25.6 Å². The van der Waals surface area contributed by atoms with Crippen molar-refractivity contribution in [3.8, 4) is 0 Å². The summed E-state index contributed by atoms with van der Waals surface area (Å²) in [5, 5.41) is 7.50. The van der Waals surface area contributed by atoms with Gasteiger partial charge in [-0.3, -0.25) is 14.5 Å². The largest absolute Gasteiger partial charge is 0.418 e. The van der Waals surface area contributed by atoms with Crippen molar-refractivity contribution in [2.75, 3.05) is 5.32 Å². The second-order valence-electron chi connectivity index (χ2n) is 4.87. The van der Waals surface area contributed by atoms with Gasteiger partial charge in [-0.1, -0.05) is 12.1 Å². The van der Waals surface area contributed by atoms with Gasteiger partial charge in [-0.05, 0) is 6.07 Å². The molecule has 3 rings (SSSR count). The first-order valence-electron chi connectivity index (χ1n) is 6.38. The Balaban J connectivity index is 2.38. The van der Waals surface area contributed by atoms with Crippen LogP contribution in [0.25, 0.3) is 21.8 Å². The van der Waals surface area contributed by atoms with Crippen LogP contribution in [0.5, 0.6) is 0 Å². The predicted octanol–water partition coefficient (Wildman–Crippen LogP) is 3.10. The van der Waals surface area contributed by atoms with Crippen LogP contribution in [-0.2, 0) is 18.0 Å². The number of rotatable bonds is 1. The Hall–Kier alpha value is -2.64. The molecule has 114 valence electrons. The van der Waals surface area contributed by atoms with Gasteiger partial charge < -0.3 is 5.32 Å². The molecule has 0 saturated heterocycles. The minimum atomic E-state index is -4.49. The molecule has 1 aromatic carbocycles. The summed E-state index contributed by atoms with van der Waals surface area (Å²) in [6, 6.07) is 3.88. The van der Waals surface area contributed by atoms with E-state index in [1.54, 1.807) is 13.1 Å². The lowest BCUT2D eigenvalue weighted by atomic mass is 10.1. The molecule has 22 heavy (non-hydrogen) atoms. The highest BCUT2D eigenvalue weighted by atomic mass is 19.4. The van der Waals surface area contributed by atoms with E-state index in [2.05, 4.69) is 15.4 Å². The molecule has 2 heterocycles. The summed E-state index contributed by atoms with van der Waals surface area (Å²) >= 11 is 0. The number of hydrogen-bond donors (Lipinski definition) is 1. The molecule has 2 aromatic heterocycles. The van der Waals surface area contributed by atoms with Gasteiger partial charge in [-0.15, -0.1) is 0 Å². The standard InChI is InChI=1S/C14H11F3N4O/c1-7(22)19-13-9-6-18-11-8(12(9)21(2)20-13)4-3-5-10(11)14(15,16)17/h3-6H,1-2H3,(H,19,20,22). The smallest absolute Gasteiger partial charge is 0.309 e. The maximum absolute atomic E-state index is 13.1. The van der Waals surface area contributed by atoms with Gasteiger partial charge in [0.05, 0.1) is 22.0 Å². The van der Waals surface area contributed by atoms with Crippen LogP contribution in [0.3, 0.4) is 0 Å². The Labute approximate surface area is 122 Å². The molecule has 0 aliphatic rings. The average molecular weight is 308 g/mol. The van der Waals surface area contributed by atoms with Gasteiger partial charge in [0.2, 0.25) is 5.91 Å². The molecular formula is C14H11F3N4O. The zero-order valence-corrected chi connectivity index (χ0v) is 11.7. The third-order valence-electron chi connectivity index (χ3n) is 3.30. The van der Waals surface area contributed by atoms with E-state index in [0.29, 0.717) is 16.3 Å². The number of nitrogens with one attached hydrogen (secondary N) is 1. The summed E-state index contributed by atoms with van der Waals surface area (Å²) in [6.45, 7) is 1.33. The lowest BCUT2D eigenvalue weighted by Crippen LogP contribution is -2.07. The van der Waals surface area contributed by atoms with Crippen molar-refractivity contribution in [1.29, 1.82) is 0 Å². The maximum Gasteiger partial charge on any atom is 0.418 e. The summed E-state index contributed by atoms with van der Waals surface area (Å²) in [7, 11) is 1.60. The number of nitrogens with zero attached hydrogens (tertiary/aromatic N) is 3. The van der Waals surface area contributed by atoms with Crippen LogP contribution < -0.4 is 5.32 Å². The Morgan fingerprint density at radius 1 is 1.27 bits per heavy atom. The van der Waals surface area contributed by atoms with Crippen molar-refractivity contribution in [2.45, 2.75) is 13.1 Å². The first-order chi connectivity index (χ1) is 10.3. The Morgan fingerprint density at radius 2 is 2.00 bits per heavy atom. The molecule has 5 nitrogen and oxygen atoms in total. The molecule has 8 heteroatoms. The van der Waals surface area contributed by atoms with Crippen molar-refractivity contribution in [3.63, 3.8) is 0 Å². The van der Waals surface area contributed by atoms with E-state index in [0.717, 1.165) is 6.07 Å². The minimum Gasteiger partial charge on any atom is -0.309 e. The van der Waals surface area contributed by atoms with E-state index < -0.39 is 11.7 Å². The first kappa shape index (κ1) is 14.3. The summed E-state index contributed by atoms with van der Waals surface area (Å²) < 4.78 is 40.7. The number of alkyl halides is 3. The Morgan fingerprint density at radius 3 is 2.64 bits per heavy atom. The highest BCUT2D eigenvalue weighted by Crippen LogP contribution is 2.36. The second kappa shape index (κ2) is 4.69. The molecular weight excluding hydrogens is 297 g/mol. The number of carbonyl (C=O) groups is 1. The fraction of sp³-hybridized carbons (Fsp3) is 0.214. The van der Waals surface area contributed by atoms with E-state index in [-0.39, 0.29) is 17.2 Å². The zero-order chi connectivity index (χ0) is 16.1. The summed E-state index contributed by atoms with van der Waals surface area (Å²) in [4.78, 5) is 15.1. The topological polar surface area (TPSA) is 59.8 Å². The van der Waals surface area contributed by atoms with E-state index >= 15 is 0 Å². The van der Waals surface area contributed by atoms with Gasteiger partial charge in [-0.25, -0.2) is 0 Å². The second-order valence-corrected chi connectivity index (χ2v) is 4.87. The summed E-state index contributed by atoms with van der Waals surface area (Å²) in [6.07, 6.45) is -3.19. The lowest BCUT2D eigenvalue weighted by Gasteiger charge is -2.10. The molecule has 0 spiro atoms. The van der Waals surface area contributed by atoms with Crippen molar-refractivity contribution in [1.82, 2.24) is 14.8 Å². The van der Waals surface area contributed by atoms with Crippen molar-refractivity contribution in [2.24, 2.45) is 7.05 Å². The molecule has 0 aliphatic heterocycles. The summed E-state index contributed by atoms with van der Waals surface area (Å²) in [5.41, 5.74) is -0.450. The third kappa shape index (κ3) is 2.16. The van der Waals surface area contributed by atoms with E-state index in [1.807, 2.05) is 0 Å². The number of fused-ring (bicyclic) bond motifs is 3. The number of amides is 1. The molecule has 0 unspecified atom stereocenters. The van der Waals surface area contributed by atoms with Crippen LogP contribution in [0.2, 0.25) is 0 Å². The molecule has 1 amide bonds. The molecule has 0 radical (unpaired) electrons. The molecule has 3 aromatic rings. The molecule has 0 aliphatic carbocycles. The summed E-state index contributed by atoms with van der Waals surface area (Å²) in [5.74, 6) is -0.0408. The number of para-hydroxylation sites is 1. The van der Waals surface area contributed by atoms with Crippen LogP contribution >= 0.6 is 0 Å². The minimum absolute atomic E-state index is 0.139. The van der Waals surface area contributed by atoms with Crippen molar-refractivity contribution < 1.29 is 18.0 Å². The number of carbonyl (C=O) groups excluding carboxylic acids is 1. The van der Waals surface area contributed by atoms with Gasteiger partial charge in [0.1, 0.15) is 0 Å². The van der Waals surface area contributed by atoms with Crippen LogP contribution in [0.15, 0.2) is 24.4 Å². The van der Waals surface area contributed by atoms with Crippen LogP contribution in [0.4, 0.5) is 19.0 Å². The van der Waals surface area contributed by atoms with E-state index in [4.69, 9.17) is 0 Å². The first-order valence-corrected chi connectivity index (χ1v) is 6.38. The van der Waals surface area contributed by atoms with Crippen LogP contribution in [0, 0.1) is 0 Å².